The maximum Gasteiger partial charge on any atom is 0.270 e. The smallest absolute Gasteiger partial charge is 0.270 e. The van der Waals surface area contributed by atoms with Gasteiger partial charge < -0.3 is 10.2 Å². The monoisotopic (exact) mass is 283 g/mol. The lowest BCUT2D eigenvalue weighted by Gasteiger charge is -2.30. The zero-order valence-corrected chi connectivity index (χ0v) is 11.2. The lowest BCUT2D eigenvalue weighted by Crippen LogP contribution is -2.47. The first-order valence-corrected chi connectivity index (χ1v) is 6.84. The molecule has 2 saturated heterocycles. The number of carbonyl (C=O) groups is 1. The summed E-state index contributed by atoms with van der Waals surface area (Å²) in [7, 11) is 0. The molecule has 0 saturated carbocycles. The van der Waals surface area contributed by atoms with Crippen molar-refractivity contribution in [2.24, 2.45) is 5.92 Å². The number of hydrogen-bond donors (Lipinski definition) is 1. The number of hydrogen-bond acceptors (Lipinski definition) is 3. The summed E-state index contributed by atoms with van der Waals surface area (Å²) in [5.41, 5.74) is 0.0785. The number of pyridine rings is 1. The van der Waals surface area contributed by atoms with Crippen molar-refractivity contribution in [1.82, 2.24) is 15.2 Å². The number of fused-ring (bicyclic) bond motifs is 2. The van der Waals surface area contributed by atoms with E-state index in [0.717, 1.165) is 32.1 Å². The molecule has 1 N–H and O–H groups in total. The Morgan fingerprint density at radius 1 is 1.53 bits per heavy atom. The van der Waals surface area contributed by atoms with E-state index < -0.39 is 5.82 Å². The summed E-state index contributed by atoms with van der Waals surface area (Å²) in [6.07, 6.45) is 3.37. The summed E-state index contributed by atoms with van der Waals surface area (Å²) >= 11 is 5.55. The predicted molar refractivity (Wildman–Crippen MR) is 69.6 cm³/mol. The maximum absolute atomic E-state index is 13.3. The summed E-state index contributed by atoms with van der Waals surface area (Å²) in [5.74, 6) is -0.272. The molecule has 2 aliphatic rings. The van der Waals surface area contributed by atoms with Crippen molar-refractivity contribution >= 4 is 17.5 Å². The van der Waals surface area contributed by atoms with Gasteiger partial charge in [-0.1, -0.05) is 11.6 Å². The molecular formula is C13H15ClFN3O. The molecule has 1 aromatic rings. The second kappa shape index (κ2) is 5.06. The van der Waals surface area contributed by atoms with E-state index in [-0.39, 0.29) is 22.7 Å². The standard InChI is InChI=1S/C13H15ClFN3O/c14-10-5-16-12(4-11(10)15)13(19)17-9-3-8-1-2-18(6-8)7-9/h4-5,8-9H,1-3,6-7H2,(H,17,19)/t8-,9-/m1/s1. The number of halogens is 2. The van der Waals surface area contributed by atoms with E-state index in [1.54, 1.807) is 0 Å². The second-order valence-corrected chi connectivity index (χ2v) is 5.71. The largest absolute Gasteiger partial charge is 0.347 e. The molecule has 3 heterocycles. The van der Waals surface area contributed by atoms with E-state index in [9.17, 15) is 9.18 Å². The summed E-state index contributed by atoms with van der Waals surface area (Å²) < 4.78 is 13.3. The molecule has 1 unspecified atom stereocenters. The van der Waals surface area contributed by atoms with Crippen LogP contribution in [0.2, 0.25) is 5.02 Å². The molecule has 2 fully saturated rings. The van der Waals surface area contributed by atoms with Crippen LogP contribution in [0.25, 0.3) is 0 Å². The molecule has 1 aromatic heterocycles. The van der Waals surface area contributed by atoms with Crippen LogP contribution in [0.15, 0.2) is 12.3 Å². The second-order valence-electron chi connectivity index (χ2n) is 5.30. The number of nitrogens with one attached hydrogen (secondary N) is 1. The Morgan fingerprint density at radius 2 is 2.37 bits per heavy atom. The molecule has 3 atom stereocenters. The van der Waals surface area contributed by atoms with Crippen molar-refractivity contribution in [3.63, 3.8) is 0 Å². The fourth-order valence-electron chi connectivity index (χ4n) is 2.96. The van der Waals surface area contributed by atoms with E-state index in [1.165, 1.54) is 12.6 Å². The third-order valence-corrected chi connectivity index (χ3v) is 4.12. The topological polar surface area (TPSA) is 45.2 Å². The number of rotatable bonds is 2. The van der Waals surface area contributed by atoms with Crippen LogP contribution in [0.5, 0.6) is 0 Å². The highest BCUT2D eigenvalue weighted by Gasteiger charge is 2.33. The molecule has 0 radical (unpaired) electrons. The van der Waals surface area contributed by atoms with Crippen molar-refractivity contribution in [2.45, 2.75) is 18.9 Å². The average molecular weight is 284 g/mol. The van der Waals surface area contributed by atoms with Gasteiger partial charge in [0.2, 0.25) is 0 Å². The van der Waals surface area contributed by atoms with Crippen LogP contribution in [0, 0.1) is 11.7 Å². The van der Waals surface area contributed by atoms with Crippen molar-refractivity contribution in [3.05, 3.63) is 28.8 Å². The fourth-order valence-corrected chi connectivity index (χ4v) is 3.07. The first kappa shape index (κ1) is 12.8. The fraction of sp³-hybridized carbons (Fsp3) is 0.538. The third-order valence-electron chi connectivity index (χ3n) is 3.84. The number of nitrogens with zero attached hydrogens (tertiary/aromatic N) is 2. The van der Waals surface area contributed by atoms with Crippen molar-refractivity contribution in [2.75, 3.05) is 19.6 Å². The number of piperidine rings is 1. The van der Waals surface area contributed by atoms with Crippen LogP contribution in [0.3, 0.4) is 0 Å². The minimum absolute atomic E-state index is 0.0710. The van der Waals surface area contributed by atoms with Gasteiger partial charge >= 0.3 is 0 Å². The zero-order valence-electron chi connectivity index (χ0n) is 10.4. The van der Waals surface area contributed by atoms with Crippen LogP contribution < -0.4 is 5.32 Å². The first-order valence-electron chi connectivity index (χ1n) is 6.46. The van der Waals surface area contributed by atoms with Gasteiger partial charge in [-0.2, -0.15) is 0 Å². The lowest BCUT2D eigenvalue weighted by molar-refractivity contribution is 0.0904. The van der Waals surface area contributed by atoms with E-state index in [4.69, 9.17) is 11.6 Å². The van der Waals surface area contributed by atoms with Gasteiger partial charge in [0.05, 0.1) is 5.02 Å². The van der Waals surface area contributed by atoms with Gasteiger partial charge in [-0.25, -0.2) is 9.37 Å². The Kier molecular flexibility index (Phi) is 3.41. The average Bonchev–Trinajstić information content (AvgIpc) is 2.72. The van der Waals surface area contributed by atoms with Gasteiger partial charge in [0, 0.05) is 31.4 Å². The summed E-state index contributed by atoms with van der Waals surface area (Å²) in [6.45, 7) is 3.13. The Labute approximate surface area is 115 Å². The van der Waals surface area contributed by atoms with Crippen LogP contribution in [0.4, 0.5) is 4.39 Å². The molecule has 102 valence electrons. The van der Waals surface area contributed by atoms with Crippen LogP contribution in [0.1, 0.15) is 23.3 Å². The Hall–Kier alpha value is -1.20. The molecule has 0 spiro atoms. The highest BCUT2D eigenvalue weighted by atomic mass is 35.5. The summed E-state index contributed by atoms with van der Waals surface area (Å²) in [6, 6.07) is 1.21. The molecule has 19 heavy (non-hydrogen) atoms. The summed E-state index contributed by atoms with van der Waals surface area (Å²) in [4.78, 5) is 18.2. The highest BCUT2D eigenvalue weighted by Crippen LogP contribution is 2.26. The molecule has 0 aromatic carbocycles. The third kappa shape index (κ3) is 2.72. The molecule has 3 rings (SSSR count). The minimum Gasteiger partial charge on any atom is -0.347 e. The first-order chi connectivity index (χ1) is 9.11. The SMILES string of the molecule is O=C(N[C@@H]1C[C@H]2CCN(C2)C1)c1cc(F)c(Cl)cn1. The molecule has 4 nitrogen and oxygen atoms in total. The lowest BCUT2D eigenvalue weighted by atomic mass is 9.97. The van der Waals surface area contributed by atoms with Crippen molar-refractivity contribution in [3.8, 4) is 0 Å². The Balaban J connectivity index is 1.66. The van der Waals surface area contributed by atoms with Gasteiger partial charge in [0.1, 0.15) is 11.5 Å². The molecule has 6 heteroatoms. The van der Waals surface area contributed by atoms with Crippen LogP contribution in [-0.4, -0.2) is 41.5 Å². The van der Waals surface area contributed by atoms with Gasteiger partial charge in [-0.15, -0.1) is 0 Å². The molecule has 1 amide bonds. The number of aromatic nitrogens is 1. The van der Waals surface area contributed by atoms with Gasteiger partial charge in [0.15, 0.2) is 0 Å². The normalized spacial score (nSPS) is 29.3. The van der Waals surface area contributed by atoms with E-state index in [2.05, 4.69) is 15.2 Å². The molecule has 2 aliphatic heterocycles. The maximum atomic E-state index is 13.3. The summed E-state index contributed by atoms with van der Waals surface area (Å²) in [5, 5.41) is 2.86. The predicted octanol–water partition coefficient (Wildman–Crippen LogP) is 1.70. The van der Waals surface area contributed by atoms with Crippen molar-refractivity contribution in [1.29, 1.82) is 0 Å². The van der Waals surface area contributed by atoms with Gasteiger partial charge in [0.25, 0.3) is 5.91 Å². The zero-order chi connectivity index (χ0) is 13.4. The highest BCUT2D eigenvalue weighted by molar-refractivity contribution is 6.30. The van der Waals surface area contributed by atoms with E-state index >= 15 is 0 Å². The van der Waals surface area contributed by atoms with Gasteiger partial charge in [-0.3, -0.25) is 4.79 Å². The Bertz CT molecular complexity index is 499. The molecular weight excluding hydrogens is 269 g/mol. The van der Waals surface area contributed by atoms with Crippen molar-refractivity contribution < 1.29 is 9.18 Å². The van der Waals surface area contributed by atoms with Crippen LogP contribution >= 0.6 is 11.6 Å². The van der Waals surface area contributed by atoms with Crippen LogP contribution in [-0.2, 0) is 0 Å². The minimum atomic E-state index is -0.616. The van der Waals surface area contributed by atoms with E-state index in [0.29, 0.717) is 5.92 Å². The quantitative estimate of drug-likeness (QED) is 0.898. The van der Waals surface area contributed by atoms with E-state index in [1.807, 2.05) is 0 Å². The number of amides is 1. The number of carbonyl (C=O) groups excluding carboxylic acids is 1. The molecule has 2 bridgehead atoms. The van der Waals surface area contributed by atoms with Gasteiger partial charge in [-0.05, 0) is 25.3 Å². The Morgan fingerprint density at radius 3 is 3.11 bits per heavy atom. The molecule has 0 aliphatic carbocycles.